The lowest BCUT2D eigenvalue weighted by Crippen LogP contribution is -2.45. The molecule has 1 saturated heterocycles. The molecule has 98 valence electrons. The van der Waals surface area contributed by atoms with E-state index in [2.05, 4.69) is 33.0 Å². The summed E-state index contributed by atoms with van der Waals surface area (Å²) in [5, 5.41) is 4.91. The van der Waals surface area contributed by atoms with Gasteiger partial charge in [0.05, 0.1) is 6.04 Å². The maximum atomic E-state index is 4.87. The fraction of sp³-hybridized carbons (Fsp3) is 0.929. The standard InChI is InChI=1S/C14H26N2S/c1-11(13(2,3)4)15-12-16-14(10-17-12)8-6-5-7-9-14/h11H,5-10H2,1-4H3,(H,15,16). The zero-order chi connectivity index (χ0) is 12.5. The van der Waals surface area contributed by atoms with Crippen LogP contribution in [0.5, 0.6) is 0 Å². The maximum absolute atomic E-state index is 4.87. The number of nitrogens with one attached hydrogen (secondary N) is 1. The average molecular weight is 254 g/mol. The van der Waals surface area contributed by atoms with Gasteiger partial charge in [-0.05, 0) is 25.2 Å². The second-order valence-electron chi connectivity index (χ2n) is 6.73. The summed E-state index contributed by atoms with van der Waals surface area (Å²) in [4.78, 5) is 4.87. The number of hydrogen-bond acceptors (Lipinski definition) is 2. The lowest BCUT2D eigenvalue weighted by molar-refractivity contribution is 0.301. The summed E-state index contributed by atoms with van der Waals surface area (Å²) < 4.78 is 0. The molecule has 1 N–H and O–H groups in total. The van der Waals surface area contributed by atoms with Crippen LogP contribution < -0.4 is 5.32 Å². The predicted octanol–water partition coefficient (Wildman–Crippen LogP) is 3.82. The van der Waals surface area contributed by atoms with Crippen molar-refractivity contribution in [3.8, 4) is 0 Å². The summed E-state index contributed by atoms with van der Waals surface area (Å²) >= 11 is 1.93. The van der Waals surface area contributed by atoms with E-state index >= 15 is 0 Å². The molecule has 1 aliphatic heterocycles. The lowest BCUT2D eigenvalue weighted by atomic mass is 9.83. The monoisotopic (exact) mass is 254 g/mol. The molecule has 0 aromatic carbocycles. The molecule has 1 aliphatic carbocycles. The fourth-order valence-corrected chi connectivity index (χ4v) is 3.74. The Morgan fingerprint density at radius 3 is 2.47 bits per heavy atom. The summed E-state index contributed by atoms with van der Waals surface area (Å²) in [6.45, 7) is 9.01. The first-order chi connectivity index (χ1) is 7.91. The Kier molecular flexibility index (Phi) is 3.77. The van der Waals surface area contributed by atoms with Gasteiger partial charge in [-0.25, -0.2) is 0 Å². The van der Waals surface area contributed by atoms with E-state index in [4.69, 9.17) is 4.99 Å². The van der Waals surface area contributed by atoms with Gasteiger partial charge < -0.3 is 5.32 Å². The number of thioether (sulfide) groups is 1. The van der Waals surface area contributed by atoms with Crippen molar-refractivity contribution in [1.29, 1.82) is 0 Å². The van der Waals surface area contributed by atoms with Gasteiger partial charge in [-0.2, -0.15) is 0 Å². The third-order valence-corrected chi connectivity index (χ3v) is 5.41. The first-order valence-electron chi connectivity index (χ1n) is 6.90. The molecule has 0 radical (unpaired) electrons. The normalized spacial score (nSPS) is 28.4. The van der Waals surface area contributed by atoms with Crippen LogP contribution in [0.25, 0.3) is 0 Å². The van der Waals surface area contributed by atoms with Crippen molar-refractivity contribution in [2.45, 2.75) is 71.4 Å². The molecule has 2 fully saturated rings. The van der Waals surface area contributed by atoms with Gasteiger partial charge in [-0.1, -0.05) is 51.8 Å². The lowest BCUT2D eigenvalue weighted by Gasteiger charge is -2.33. The Labute approximate surface area is 110 Å². The van der Waals surface area contributed by atoms with Gasteiger partial charge in [0.25, 0.3) is 0 Å². The maximum Gasteiger partial charge on any atom is 0.157 e. The third kappa shape index (κ3) is 3.18. The minimum absolute atomic E-state index is 0.261. The summed E-state index contributed by atoms with van der Waals surface area (Å²) in [6, 6.07) is 0.385. The molecule has 0 aromatic heterocycles. The molecule has 3 heteroatoms. The van der Waals surface area contributed by atoms with E-state index < -0.39 is 0 Å². The molecule has 0 bridgehead atoms. The second-order valence-corrected chi connectivity index (χ2v) is 7.69. The quantitative estimate of drug-likeness (QED) is 0.769. The van der Waals surface area contributed by atoms with Gasteiger partial charge >= 0.3 is 0 Å². The molecule has 1 atom stereocenters. The summed E-state index contributed by atoms with van der Waals surface area (Å²) in [6.07, 6.45) is 6.86. The van der Waals surface area contributed by atoms with Crippen LogP contribution >= 0.6 is 11.8 Å². The number of aliphatic imine (C=N–C) groups is 1. The summed E-state index contributed by atoms with van der Waals surface area (Å²) in [7, 11) is 0. The highest BCUT2D eigenvalue weighted by atomic mass is 32.2. The van der Waals surface area contributed by atoms with Crippen LogP contribution in [0.1, 0.15) is 59.8 Å². The summed E-state index contributed by atoms with van der Waals surface area (Å²) in [5.74, 6) is 1.22. The summed E-state index contributed by atoms with van der Waals surface area (Å²) in [5.41, 5.74) is 0.650. The van der Waals surface area contributed by atoms with Crippen molar-refractivity contribution < 1.29 is 0 Å². The Morgan fingerprint density at radius 2 is 1.88 bits per heavy atom. The highest BCUT2D eigenvalue weighted by Gasteiger charge is 2.38. The molecular formula is C14H26N2S. The topological polar surface area (TPSA) is 24.4 Å². The molecule has 2 rings (SSSR count). The molecule has 1 heterocycles. The molecule has 2 nitrogen and oxygen atoms in total. The molecule has 17 heavy (non-hydrogen) atoms. The van der Waals surface area contributed by atoms with Gasteiger partial charge in [-0.3, -0.25) is 4.99 Å². The van der Waals surface area contributed by atoms with Gasteiger partial charge in [0.1, 0.15) is 0 Å². The molecular weight excluding hydrogens is 228 g/mol. The molecule has 0 amide bonds. The van der Waals surface area contributed by atoms with Gasteiger partial charge in [0.2, 0.25) is 0 Å². The van der Waals surface area contributed by atoms with Gasteiger partial charge in [-0.15, -0.1) is 0 Å². The van der Waals surface area contributed by atoms with E-state index in [0.717, 1.165) is 0 Å². The van der Waals surface area contributed by atoms with Crippen molar-refractivity contribution >= 4 is 16.9 Å². The van der Waals surface area contributed by atoms with E-state index in [1.807, 2.05) is 11.8 Å². The Hall–Kier alpha value is -0.180. The van der Waals surface area contributed by atoms with Crippen molar-refractivity contribution in [2.75, 3.05) is 5.75 Å². The average Bonchev–Trinajstić information content (AvgIpc) is 2.61. The number of rotatable bonds is 1. The molecule has 1 spiro atoms. The number of amidine groups is 1. The van der Waals surface area contributed by atoms with Crippen molar-refractivity contribution in [3.05, 3.63) is 0 Å². The molecule has 0 aromatic rings. The van der Waals surface area contributed by atoms with Gasteiger partial charge in [0.15, 0.2) is 5.17 Å². The first kappa shape index (κ1) is 13.3. The first-order valence-corrected chi connectivity index (χ1v) is 7.89. The zero-order valence-corrected chi connectivity index (χ0v) is 12.5. The highest BCUT2D eigenvalue weighted by Crippen LogP contribution is 2.36. The Balaban J connectivity index is 1.99. The molecule has 2 aliphatic rings. The SMILES string of the molecule is CC(N=C1NC2(CCCCC2)CS1)C(C)(C)C. The van der Waals surface area contributed by atoms with Crippen molar-refractivity contribution in [1.82, 2.24) is 5.32 Å². The van der Waals surface area contributed by atoms with E-state index in [-0.39, 0.29) is 5.41 Å². The second kappa shape index (κ2) is 4.83. The van der Waals surface area contributed by atoms with Crippen LogP contribution in [0, 0.1) is 5.41 Å². The van der Waals surface area contributed by atoms with Crippen LogP contribution in [-0.4, -0.2) is 22.5 Å². The van der Waals surface area contributed by atoms with E-state index in [1.54, 1.807) is 0 Å². The fourth-order valence-electron chi connectivity index (χ4n) is 2.44. The zero-order valence-electron chi connectivity index (χ0n) is 11.7. The van der Waals surface area contributed by atoms with Crippen LogP contribution in [0.4, 0.5) is 0 Å². The van der Waals surface area contributed by atoms with E-state index in [9.17, 15) is 0 Å². The van der Waals surface area contributed by atoms with Crippen molar-refractivity contribution in [2.24, 2.45) is 10.4 Å². The highest BCUT2D eigenvalue weighted by molar-refractivity contribution is 8.14. The number of nitrogens with zero attached hydrogens (tertiary/aromatic N) is 1. The minimum atomic E-state index is 0.261. The van der Waals surface area contributed by atoms with Crippen LogP contribution in [0.3, 0.4) is 0 Å². The van der Waals surface area contributed by atoms with E-state index in [0.29, 0.717) is 11.6 Å². The van der Waals surface area contributed by atoms with Crippen LogP contribution in [0.2, 0.25) is 0 Å². The number of hydrogen-bond donors (Lipinski definition) is 1. The Morgan fingerprint density at radius 1 is 1.24 bits per heavy atom. The van der Waals surface area contributed by atoms with Crippen molar-refractivity contribution in [3.63, 3.8) is 0 Å². The Bertz CT molecular complexity index is 298. The minimum Gasteiger partial charge on any atom is -0.359 e. The predicted molar refractivity (Wildman–Crippen MR) is 77.8 cm³/mol. The third-order valence-electron chi connectivity index (χ3n) is 4.23. The molecule has 1 saturated carbocycles. The smallest absolute Gasteiger partial charge is 0.157 e. The molecule has 1 unspecified atom stereocenters. The van der Waals surface area contributed by atoms with E-state index in [1.165, 1.54) is 43.0 Å². The van der Waals surface area contributed by atoms with Crippen LogP contribution in [-0.2, 0) is 0 Å². The largest absolute Gasteiger partial charge is 0.359 e. The van der Waals surface area contributed by atoms with Crippen LogP contribution in [0.15, 0.2) is 4.99 Å². The van der Waals surface area contributed by atoms with Gasteiger partial charge in [0, 0.05) is 11.3 Å².